The second kappa shape index (κ2) is 3.07. The van der Waals surface area contributed by atoms with E-state index >= 15 is 0 Å². The number of hydroxylamine groups is 2. The van der Waals surface area contributed by atoms with Crippen molar-refractivity contribution in [1.82, 2.24) is 0 Å². The Bertz CT molecular complexity index is 305. The van der Waals surface area contributed by atoms with Crippen molar-refractivity contribution in [1.29, 1.82) is 0 Å². The molecule has 1 aliphatic heterocycles. The number of nitrogens with one attached hydrogen (secondary N) is 1. The Morgan fingerprint density at radius 1 is 1.60 bits per heavy atom. The van der Waals surface area contributed by atoms with Gasteiger partial charge in [-0.2, -0.15) is 0 Å². The van der Waals surface area contributed by atoms with Crippen molar-refractivity contribution in [2.24, 2.45) is 0 Å². The molecule has 0 aromatic carbocycles. The zero-order valence-electron chi connectivity index (χ0n) is 4.94. The van der Waals surface area contributed by atoms with E-state index in [4.69, 9.17) is 0 Å². The lowest BCUT2D eigenvalue weighted by Gasteiger charge is -2.16. The van der Waals surface area contributed by atoms with Crippen LogP contribution in [0, 0.1) is 5.21 Å². The molecule has 1 heterocycles. The molecule has 0 amide bonds. The van der Waals surface area contributed by atoms with Gasteiger partial charge in [0.1, 0.15) is 8.95 Å². The van der Waals surface area contributed by atoms with Gasteiger partial charge in [-0.05, 0) is 6.08 Å². The molecule has 0 fully saturated rings. The van der Waals surface area contributed by atoms with Crippen molar-refractivity contribution in [2.45, 2.75) is 0 Å². The first-order valence-electron chi connectivity index (χ1n) is 2.57. The van der Waals surface area contributed by atoms with E-state index in [1.165, 1.54) is 12.3 Å². The molecule has 1 rings (SSSR count). The first kappa shape index (κ1) is 7.62. The van der Waals surface area contributed by atoms with Crippen LogP contribution in [0.1, 0.15) is 0 Å². The van der Waals surface area contributed by atoms with Gasteiger partial charge in [-0.25, -0.2) is 4.21 Å². The summed E-state index contributed by atoms with van der Waals surface area (Å²) in [5, 5.41) is 10.5. The van der Waals surface area contributed by atoms with Crippen LogP contribution in [-0.4, -0.2) is 9.20 Å². The SMILES string of the molecule is O=S(=S)=C1C=CC=C[NH+]1[O-]. The third-order valence-electron chi connectivity index (χ3n) is 1.03. The van der Waals surface area contributed by atoms with Crippen LogP contribution >= 0.6 is 0 Å². The second-order valence-electron chi connectivity index (χ2n) is 1.68. The summed E-state index contributed by atoms with van der Waals surface area (Å²) >= 11 is 4.41. The largest absolute Gasteiger partial charge is 0.623 e. The lowest BCUT2D eigenvalue weighted by molar-refractivity contribution is -0.679. The van der Waals surface area contributed by atoms with E-state index < -0.39 is 8.95 Å². The minimum absolute atomic E-state index is 0.192. The average molecular weight is 175 g/mol. The molecule has 1 unspecified atom stereocenters. The summed E-state index contributed by atoms with van der Waals surface area (Å²) < 4.78 is 10.6. The topological polar surface area (TPSA) is 44.6 Å². The quantitative estimate of drug-likeness (QED) is 0.371. The van der Waals surface area contributed by atoms with Crippen molar-refractivity contribution in [2.75, 3.05) is 0 Å². The van der Waals surface area contributed by atoms with Gasteiger partial charge in [0.25, 0.3) is 0 Å². The molecule has 54 valence electrons. The molecule has 0 radical (unpaired) electrons. The van der Waals surface area contributed by atoms with E-state index in [0.717, 1.165) is 0 Å². The third kappa shape index (κ3) is 1.51. The molecule has 1 aliphatic rings. The summed E-state index contributed by atoms with van der Waals surface area (Å²) in [5.41, 5.74) is 0. The molecule has 5 heteroatoms. The number of allylic oxidation sites excluding steroid dienone is 2. The molecule has 0 aromatic heterocycles. The summed E-state index contributed by atoms with van der Waals surface area (Å²) in [6.07, 6.45) is 6.06. The summed E-state index contributed by atoms with van der Waals surface area (Å²) in [4.78, 5) is 0.192. The van der Waals surface area contributed by atoms with Crippen molar-refractivity contribution < 1.29 is 9.27 Å². The Hall–Kier alpha value is -0.490. The molecule has 0 saturated heterocycles. The van der Waals surface area contributed by atoms with Gasteiger partial charge in [-0.3, -0.25) is 0 Å². The van der Waals surface area contributed by atoms with E-state index in [-0.39, 0.29) is 10.1 Å². The first-order chi connectivity index (χ1) is 4.72. The van der Waals surface area contributed by atoms with Crippen molar-refractivity contribution in [3.8, 4) is 0 Å². The maximum atomic E-state index is 10.8. The van der Waals surface area contributed by atoms with Crippen molar-refractivity contribution in [3.05, 3.63) is 29.6 Å². The van der Waals surface area contributed by atoms with Gasteiger partial charge in [-0.15, -0.1) is 0 Å². The lowest BCUT2D eigenvalue weighted by atomic mass is 10.4. The Morgan fingerprint density at radius 2 is 2.30 bits per heavy atom. The minimum Gasteiger partial charge on any atom is -0.623 e. The fourth-order valence-electron chi connectivity index (χ4n) is 0.588. The van der Waals surface area contributed by atoms with E-state index in [0.29, 0.717) is 0 Å². The van der Waals surface area contributed by atoms with Crippen molar-refractivity contribution >= 4 is 25.1 Å². The molecule has 1 N–H and O–H groups in total. The Labute approximate surface area is 64.5 Å². The highest BCUT2D eigenvalue weighted by atomic mass is 32.8. The summed E-state index contributed by atoms with van der Waals surface area (Å²) in [7, 11) is -1.57. The second-order valence-corrected chi connectivity index (χ2v) is 3.50. The number of rotatable bonds is 0. The summed E-state index contributed by atoms with van der Waals surface area (Å²) in [6, 6.07) is 0. The number of hydrogen-bond donors (Lipinski definition) is 1. The monoisotopic (exact) mass is 175 g/mol. The summed E-state index contributed by atoms with van der Waals surface area (Å²) in [5.74, 6) is 0. The molecule has 0 bridgehead atoms. The standard InChI is InChI=1S/C5H5NO2S2/c7-6-4-2-1-3-5(6)10(8)9/h1-4,6H. The fourth-order valence-corrected chi connectivity index (χ4v) is 1.42. The Morgan fingerprint density at radius 3 is 2.70 bits per heavy atom. The Kier molecular flexibility index (Phi) is 2.34. The van der Waals surface area contributed by atoms with Gasteiger partial charge in [0.15, 0.2) is 0 Å². The zero-order valence-corrected chi connectivity index (χ0v) is 6.58. The van der Waals surface area contributed by atoms with E-state index in [2.05, 4.69) is 11.2 Å². The zero-order chi connectivity index (χ0) is 7.56. The average Bonchev–Trinajstić information content (AvgIpc) is 1.88. The van der Waals surface area contributed by atoms with Gasteiger partial charge in [0.05, 0.1) is 6.20 Å². The molecule has 0 saturated carbocycles. The van der Waals surface area contributed by atoms with Crippen LogP contribution in [0.2, 0.25) is 0 Å². The van der Waals surface area contributed by atoms with E-state index in [9.17, 15) is 9.42 Å². The highest BCUT2D eigenvalue weighted by molar-refractivity contribution is 8.20. The predicted octanol–water partition coefficient (Wildman–Crippen LogP) is -1.21. The molecular weight excluding hydrogens is 170 g/mol. The number of hydrogen-bond acceptors (Lipinski definition) is 3. The molecule has 10 heavy (non-hydrogen) atoms. The molecule has 1 atom stereocenters. The van der Waals surface area contributed by atoms with E-state index in [1.54, 1.807) is 12.2 Å². The lowest BCUT2D eigenvalue weighted by Crippen LogP contribution is -3.05. The van der Waals surface area contributed by atoms with Gasteiger partial charge in [0.2, 0.25) is 4.99 Å². The number of quaternary nitrogens is 1. The first-order valence-corrected chi connectivity index (χ1v) is 4.64. The fraction of sp³-hybridized carbons (Fsp3) is 0. The Balaban J connectivity index is 3.15. The highest BCUT2D eigenvalue weighted by Crippen LogP contribution is 1.79. The molecule has 0 spiro atoms. The smallest absolute Gasteiger partial charge is 0.228 e. The van der Waals surface area contributed by atoms with Gasteiger partial charge < -0.3 is 10.3 Å². The van der Waals surface area contributed by atoms with Crippen molar-refractivity contribution in [3.63, 3.8) is 0 Å². The maximum Gasteiger partial charge on any atom is 0.228 e. The molecule has 0 aromatic rings. The minimum atomic E-state index is -1.57. The van der Waals surface area contributed by atoms with Crippen LogP contribution in [0.25, 0.3) is 0 Å². The molecule has 3 nitrogen and oxygen atoms in total. The van der Waals surface area contributed by atoms with Crippen LogP contribution in [-0.2, 0) is 20.1 Å². The highest BCUT2D eigenvalue weighted by Gasteiger charge is 2.03. The van der Waals surface area contributed by atoms with Gasteiger partial charge >= 0.3 is 0 Å². The summed E-state index contributed by atoms with van der Waals surface area (Å²) in [6.45, 7) is 0. The van der Waals surface area contributed by atoms with Gasteiger partial charge in [-0.1, -0.05) is 6.08 Å². The van der Waals surface area contributed by atoms with Gasteiger partial charge in [0, 0.05) is 17.3 Å². The van der Waals surface area contributed by atoms with Crippen LogP contribution in [0.3, 0.4) is 0 Å². The predicted molar refractivity (Wildman–Crippen MR) is 43.1 cm³/mol. The normalized spacial score (nSPS) is 23.3. The van der Waals surface area contributed by atoms with Crippen LogP contribution in [0.5, 0.6) is 0 Å². The maximum absolute atomic E-state index is 10.8. The van der Waals surface area contributed by atoms with Crippen LogP contribution < -0.4 is 5.06 Å². The molecule has 0 aliphatic carbocycles. The van der Waals surface area contributed by atoms with Crippen LogP contribution in [0.15, 0.2) is 24.4 Å². The molecular formula is C5H5NO2S2. The third-order valence-corrected chi connectivity index (χ3v) is 2.26. The van der Waals surface area contributed by atoms with Crippen LogP contribution in [0.4, 0.5) is 0 Å². The van der Waals surface area contributed by atoms with E-state index in [1.807, 2.05) is 0 Å².